The Labute approximate surface area is 83.9 Å². The summed E-state index contributed by atoms with van der Waals surface area (Å²) in [4.78, 5) is 0. The summed E-state index contributed by atoms with van der Waals surface area (Å²) in [5, 5.41) is 3.21. The van der Waals surface area contributed by atoms with Crippen LogP contribution in [0.2, 0.25) is 0 Å². The zero-order valence-corrected chi connectivity index (χ0v) is 9.53. The predicted molar refractivity (Wildman–Crippen MR) is 58.3 cm³/mol. The van der Waals surface area contributed by atoms with Crippen LogP contribution >= 0.6 is 0 Å². The lowest BCUT2D eigenvalue weighted by molar-refractivity contribution is 0.382. The van der Waals surface area contributed by atoms with Gasteiger partial charge in [0.25, 0.3) is 0 Å². The third-order valence-electron chi connectivity index (χ3n) is 2.86. The van der Waals surface area contributed by atoms with Crippen LogP contribution in [0.4, 0.5) is 0 Å². The quantitative estimate of drug-likeness (QED) is 0.707. The van der Waals surface area contributed by atoms with Gasteiger partial charge in [0.15, 0.2) is 0 Å². The van der Waals surface area contributed by atoms with Crippen molar-refractivity contribution in [3.05, 3.63) is 0 Å². The minimum atomic E-state index is -0.569. The Morgan fingerprint density at radius 3 is 2.38 bits per heavy atom. The standard InChI is InChI=1S/C10H21NOS/c1-3-9(4-2)7-13(12)8-10-5-11-6-10/h9-11H,3-8H2,1-2H3. The van der Waals surface area contributed by atoms with Gasteiger partial charge in [-0.05, 0) is 11.8 Å². The molecule has 1 rings (SSSR count). The Bertz CT molecular complexity index is 164. The van der Waals surface area contributed by atoms with Crippen molar-refractivity contribution in [2.45, 2.75) is 26.7 Å². The van der Waals surface area contributed by atoms with E-state index in [2.05, 4.69) is 19.2 Å². The molecule has 0 aromatic heterocycles. The lowest BCUT2D eigenvalue weighted by Crippen LogP contribution is -2.45. The second-order valence-corrected chi connectivity index (χ2v) is 5.53. The molecule has 1 aliphatic heterocycles. The monoisotopic (exact) mass is 203 g/mol. The maximum atomic E-state index is 11.7. The molecule has 1 fully saturated rings. The lowest BCUT2D eigenvalue weighted by Gasteiger charge is -2.27. The second-order valence-electron chi connectivity index (χ2n) is 3.98. The number of rotatable bonds is 6. The van der Waals surface area contributed by atoms with E-state index >= 15 is 0 Å². The van der Waals surface area contributed by atoms with Crippen molar-refractivity contribution in [1.82, 2.24) is 5.32 Å². The average molecular weight is 203 g/mol. The van der Waals surface area contributed by atoms with Gasteiger partial charge in [-0.1, -0.05) is 26.7 Å². The van der Waals surface area contributed by atoms with E-state index in [1.54, 1.807) is 0 Å². The summed E-state index contributed by atoms with van der Waals surface area (Å²) in [5.41, 5.74) is 0. The van der Waals surface area contributed by atoms with E-state index in [0.29, 0.717) is 11.8 Å². The summed E-state index contributed by atoms with van der Waals surface area (Å²) in [6.07, 6.45) is 2.34. The molecule has 1 saturated heterocycles. The molecule has 0 saturated carbocycles. The van der Waals surface area contributed by atoms with E-state index in [0.717, 1.165) is 24.6 Å². The zero-order chi connectivity index (χ0) is 9.68. The van der Waals surface area contributed by atoms with E-state index in [9.17, 15) is 4.21 Å². The summed E-state index contributed by atoms with van der Waals surface area (Å²) in [5.74, 6) is 3.21. The maximum Gasteiger partial charge on any atom is 0.0287 e. The summed E-state index contributed by atoms with van der Waals surface area (Å²) < 4.78 is 11.7. The van der Waals surface area contributed by atoms with Crippen LogP contribution in [-0.4, -0.2) is 28.8 Å². The van der Waals surface area contributed by atoms with Crippen LogP contribution in [0.1, 0.15) is 26.7 Å². The Kier molecular flexibility index (Phi) is 4.96. The van der Waals surface area contributed by atoms with E-state index in [-0.39, 0.29) is 0 Å². The first kappa shape index (κ1) is 11.2. The smallest absolute Gasteiger partial charge is 0.0287 e. The van der Waals surface area contributed by atoms with Gasteiger partial charge in [-0.2, -0.15) is 0 Å². The number of hydrogen-bond donors (Lipinski definition) is 1. The highest BCUT2D eigenvalue weighted by Crippen LogP contribution is 2.12. The normalized spacial score (nSPS) is 20.2. The first-order valence-corrected chi connectivity index (χ1v) is 6.80. The molecule has 0 radical (unpaired) electrons. The molecular formula is C10H21NOS. The van der Waals surface area contributed by atoms with Crippen molar-refractivity contribution in [2.75, 3.05) is 24.6 Å². The van der Waals surface area contributed by atoms with Crippen molar-refractivity contribution >= 4 is 10.8 Å². The molecule has 1 heterocycles. The molecule has 1 unspecified atom stereocenters. The van der Waals surface area contributed by atoms with E-state index in [4.69, 9.17) is 0 Å². The summed E-state index contributed by atoms with van der Waals surface area (Å²) >= 11 is 0. The highest BCUT2D eigenvalue weighted by molar-refractivity contribution is 7.85. The van der Waals surface area contributed by atoms with Crippen molar-refractivity contribution in [1.29, 1.82) is 0 Å². The van der Waals surface area contributed by atoms with Crippen LogP contribution < -0.4 is 5.32 Å². The molecule has 0 bridgehead atoms. The largest absolute Gasteiger partial charge is 0.316 e. The zero-order valence-electron chi connectivity index (χ0n) is 8.71. The topological polar surface area (TPSA) is 29.1 Å². The van der Waals surface area contributed by atoms with Gasteiger partial charge < -0.3 is 5.32 Å². The molecule has 13 heavy (non-hydrogen) atoms. The van der Waals surface area contributed by atoms with Crippen LogP contribution in [0.3, 0.4) is 0 Å². The van der Waals surface area contributed by atoms with Gasteiger partial charge in [-0.15, -0.1) is 0 Å². The summed E-state index contributed by atoms with van der Waals surface area (Å²) in [6.45, 7) is 6.54. The van der Waals surface area contributed by atoms with Crippen molar-refractivity contribution in [2.24, 2.45) is 11.8 Å². The lowest BCUT2D eigenvalue weighted by atomic mass is 10.1. The Morgan fingerprint density at radius 2 is 2.00 bits per heavy atom. The summed E-state index contributed by atoms with van der Waals surface area (Å²) in [6, 6.07) is 0. The molecule has 0 aromatic rings. The Hall–Kier alpha value is 0.110. The van der Waals surface area contributed by atoms with Gasteiger partial charge in [-0.25, -0.2) is 0 Å². The maximum absolute atomic E-state index is 11.7. The first-order valence-electron chi connectivity index (χ1n) is 5.31. The van der Waals surface area contributed by atoms with Gasteiger partial charge in [-0.3, -0.25) is 4.21 Å². The van der Waals surface area contributed by atoms with Crippen LogP contribution in [-0.2, 0) is 10.8 Å². The van der Waals surface area contributed by atoms with Crippen molar-refractivity contribution in [3.63, 3.8) is 0 Å². The molecule has 3 heteroatoms. The fourth-order valence-corrected chi connectivity index (χ4v) is 3.48. The molecule has 1 atom stereocenters. The number of nitrogens with one attached hydrogen (secondary N) is 1. The van der Waals surface area contributed by atoms with Crippen LogP contribution in [0.5, 0.6) is 0 Å². The SMILES string of the molecule is CCC(CC)CS(=O)CC1CNC1. The number of hydrogen-bond acceptors (Lipinski definition) is 2. The fraction of sp³-hybridized carbons (Fsp3) is 1.00. The molecule has 78 valence electrons. The highest BCUT2D eigenvalue weighted by atomic mass is 32.2. The molecule has 0 amide bonds. The average Bonchev–Trinajstić information content (AvgIpc) is 2.07. The van der Waals surface area contributed by atoms with Gasteiger partial charge in [0.05, 0.1) is 0 Å². The van der Waals surface area contributed by atoms with E-state index < -0.39 is 10.8 Å². The molecule has 1 aliphatic rings. The Balaban J connectivity index is 2.14. The van der Waals surface area contributed by atoms with Crippen molar-refractivity contribution < 1.29 is 4.21 Å². The minimum absolute atomic E-state index is 0.569. The highest BCUT2D eigenvalue weighted by Gasteiger charge is 2.20. The van der Waals surface area contributed by atoms with Gasteiger partial charge in [0.1, 0.15) is 0 Å². The van der Waals surface area contributed by atoms with E-state index in [1.807, 2.05) is 0 Å². The third-order valence-corrected chi connectivity index (χ3v) is 4.55. The molecule has 0 spiro atoms. The Morgan fingerprint density at radius 1 is 1.38 bits per heavy atom. The molecule has 0 aliphatic carbocycles. The fourth-order valence-electron chi connectivity index (χ4n) is 1.58. The summed E-state index contributed by atoms with van der Waals surface area (Å²) in [7, 11) is -0.569. The molecule has 0 aromatic carbocycles. The predicted octanol–water partition coefficient (Wildman–Crippen LogP) is 1.39. The van der Waals surface area contributed by atoms with Gasteiger partial charge in [0, 0.05) is 35.4 Å². The molecular weight excluding hydrogens is 182 g/mol. The van der Waals surface area contributed by atoms with E-state index in [1.165, 1.54) is 12.8 Å². The van der Waals surface area contributed by atoms with Crippen LogP contribution in [0.15, 0.2) is 0 Å². The van der Waals surface area contributed by atoms with Gasteiger partial charge in [0.2, 0.25) is 0 Å². The van der Waals surface area contributed by atoms with Crippen LogP contribution in [0.25, 0.3) is 0 Å². The minimum Gasteiger partial charge on any atom is -0.316 e. The van der Waals surface area contributed by atoms with Gasteiger partial charge >= 0.3 is 0 Å². The first-order chi connectivity index (χ1) is 6.26. The van der Waals surface area contributed by atoms with Crippen LogP contribution in [0, 0.1) is 11.8 Å². The second kappa shape index (κ2) is 5.76. The molecule has 1 N–H and O–H groups in total. The molecule has 2 nitrogen and oxygen atoms in total. The third kappa shape index (κ3) is 3.77. The van der Waals surface area contributed by atoms with Crippen molar-refractivity contribution in [3.8, 4) is 0 Å².